The number of rotatable bonds is 2. The average Bonchev–Trinajstić information content (AvgIpc) is 3.29. The summed E-state index contributed by atoms with van der Waals surface area (Å²) in [6.45, 7) is 4.00. The van der Waals surface area contributed by atoms with Crippen LogP contribution in [0.2, 0.25) is 0 Å². The fraction of sp³-hybridized carbons (Fsp3) is 0.353. The predicted octanol–water partition coefficient (Wildman–Crippen LogP) is 2.35. The molecule has 6 nitrogen and oxygen atoms in total. The van der Waals surface area contributed by atoms with Gasteiger partial charge in [-0.3, -0.25) is 0 Å². The van der Waals surface area contributed by atoms with Crippen molar-refractivity contribution in [2.75, 3.05) is 37.7 Å². The molecule has 1 unspecified atom stereocenters. The summed E-state index contributed by atoms with van der Waals surface area (Å²) in [4.78, 5) is 12.2. The van der Waals surface area contributed by atoms with Crippen LogP contribution < -0.4 is 10.3 Å². The van der Waals surface area contributed by atoms with Gasteiger partial charge in [-0.05, 0) is 6.07 Å². The van der Waals surface area contributed by atoms with Crippen molar-refractivity contribution in [3.8, 4) is 0 Å². The number of benzene rings is 1. The highest BCUT2D eigenvalue weighted by molar-refractivity contribution is 7.26. The highest BCUT2D eigenvalue weighted by Crippen LogP contribution is 2.38. The van der Waals surface area contributed by atoms with Crippen LogP contribution in [0.4, 0.5) is 5.82 Å². The van der Waals surface area contributed by atoms with Gasteiger partial charge in [0.15, 0.2) is 5.82 Å². The van der Waals surface area contributed by atoms with Gasteiger partial charge in [-0.1, -0.05) is 18.2 Å². The summed E-state index contributed by atoms with van der Waals surface area (Å²) in [5.74, 6) is 2.02. The first-order chi connectivity index (χ1) is 11.9. The van der Waals surface area contributed by atoms with E-state index in [2.05, 4.69) is 39.7 Å². The van der Waals surface area contributed by atoms with Gasteiger partial charge in [0, 0.05) is 35.9 Å². The van der Waals surface area contributed by atoms with E-state index in [9.17, 15) is 0 Å². The maximum Gasteiger partial charge on any atom is 0.150 e. The van der Waals surface area contributed by atoms with Crippen molar-refractivity contribution >= 4 is 43.7 Å². The van der Waals surface area contributed by atoms with Crippen LogP contribution in [-0.2, 0) is 4.74 Å². The first kappa shape index (κ1) is 14.1. The van der Waals surface area contributed by atoms with Crippen molar-refractivity contribution in [1.29, 1.82) is 0 Å². The number of nitrogens with one attached hydrogen (secondary N) is 1. The quantitative estimate of drug-likeness (QED) is 0.776. The third kappa shape index (κ3) is 2.23. The molecule has 0 bridgehead atoms. The Labute approximate surface area is 143 Å². The van der Waals surface area contributed by atoms with Crippen LogP contribution in [0.5, 0.6) is 0 Å². The molecule has 0 spiro atoms. The van der Waals surface area contributed by atoms with E-state index in [1.54, 1.807) is 11.3 Å². The molecule has 1 fully saturated rings. The minimum Gasteiger partial charge on any atom is -0.378 e. The second-order valence-corrected chi connectivity index (χ2v) is 7.08. The Morgan fingerprint density at radius 3 is 2.88 bits per heavy atom. The van der Waals surface area contributed by atoms with E-state index in [1.807, 2.05) is 6.21 Å². The maximum atomic E-state index is 5.51. The molecule has 1 atom stereocenters. The lowest BCUT2D eigenvalue weighted by atomic mass is 10.1. The zero-order valence-electron chi connectivity index (χ0n) is 13.1. The third-order valence-corrected chi connectivity index (χ3v) is 5.67. The van der Waals surface area contributed by atoms with Gasteiger partial charge < -0.3 is 15.1 Å². The number of aromatic nitrogens is 2. The lowest BCUT2D eigenvalue weighted by molar-refractivity contribution is 0.122. The Morgan fingerprint density at radius 2 is 2.04 bits per heavy atom. The summed E-state index contributed by atoms with van der Waals surface area (Å²) in [5.41, 5.74) is 4.07. The van der Waals surface area contributed by atoms with Crippen molar-refractivity contribution < 1.29 is 4.74 Å². The number of nitrogens with zero attached hydrogens (tertiary/aromatic N) is 4. The van der Waals surface area contributed by atoms with Gasteiger partial charge in [0.1, 0.15) is 5.82 Å². The predicted molar refractivity (Wildman–Crippen MR) is 97.2 cm³/mol. The lowest BCUT2D eigenvalue weighted by Crippen LogP contribution is -2.37. The Hall–Kier alpha value is -2.25. The summed E-state index contributed by atoms with van der Waals surface area (Å²) in [6.07, 6.45) is 1.90. The number of anilines is 1. The number of hydrogen-bond donors (Lipinski definition) is 1. The molecule has 0 saturated carbocycles. The summed E-state index contributed by atoms with van der Waals surface area (Å²) >= 11 is 1.78. The number of hydrogen-bond acceptors (Lipinski definition) is 7. The van der Waals surface area contributed by atoms with Crippen molar-refractivity contribution in [2.45, 2.75) is 5.92 Å². The molecular formula is C17H17N5OS. The van der Waals surface area contributed by atoms with Crippen LogP contribution in [0.15, 0.2) is 29.4 Å². The van der Waals surface area contributed by atoms with E-state index >= 15 is 0 Å². The average molecular weight is 339 g/mol. The second kappa shape index (κ2) is 5.68. The number of morpholine rings is 1. The topological polar surface area (TPSA) is 62.6 Å². The van der Waals surface area contributed by atoms with Gasteiger partial charge in [-0.25, -0.2) is 9.97 Å². The fourth-order valence-electron chi connectivity index (χ4n) is 3.25. The van der Waals surface area contributed by atoms with Gasteiger partial charge >= 0.3 is 0 Å². The molecule has 1 saturated heterocycles. The zero-order valence-corrected chi connectivity index (χ0v) is 13.9. The fourth-order valence-corrected chi connectivity index (χ4v) is 4.41. The van der Waals surface area contributed by atoms with Gasteiger partial charge in [0.2, 0.25) is 0 Å². The molecule has 0 radical (unpaired) electrons. The molecule has 24 heavy (non-hydrogen) atoms. The maximum absolute atomic E-state index is 5.51. The van der Waals surface area contributed by atoms with E-state index in [0.29, 0.717) is 0 Å². The molecule has 2 aliphatic rings. The molecule has 3 aromatic rings. The zero-order chi connectivity index (χ0) is 15.9. The van der Waals surface area contributed by atoms with Crippen LogP contribution in [-0.4, -0.2) is 49.0 Å². The van der Waals surface area contributed by atoms with Crippen LogP contribution in [0.25, 0.3) is 20.3 Å². The van der Waals surface area contributed by atoms with Crippen molar-refractivity contribution in [2.24, 2.45) is 5.10 Å². The van der Waals surface area contributed by atoms with Gasteiger partial charge in [0.05, 0.1) is 29.3 Å². The highest BCUT2D eigenvalue weighted by Gasteiger charge is 2.24. The summed E-state index contributed by atoms with van der Waals surface area (Å²) < 4.78 is 7.94. The molecule has 122 valence electrons. The molecule has 7 heteroatoms. The minimum atomic E-state index is 0.132. The van der Waals surface area contributed by atoms with Crippen LogP contribution in [0.1, 0.15) is 11.7 Å². The van der Waals surface area contributed by atoms with E-state index in [0.717, 1.165) is 50.0 Å². The molecule has 2 aromatic heterocycles. The summed E-state index contributed by atoms with van der Waals surface area (Å²) in [7, 11) is 0. The Kier molecular flexibility index (Phi) is 3.34. The molecule has 2 aliphatic heterocycles. The third-order valence-electron chi connectivity index (χ3n) is 4.52. The van der Waals surface area contributed by atoms with E-state index in [1.165, 1.54) is 14.8 Å². The molecule has 0 amide bonds. The van der Waals surface area contributed by atoms with Gasteiger partial charge in [-0.2, -0.15) is 5.10 Å². The van der Waals surface area contributed by atoms with E-state index in [4.69, 9.17) is 14.7 Å². The Balaban J connectivity index is 1.75. The smallest absolute Gasteiger partial charge is 0.150 e. The van der Waals surface area contributed by atoms with Crippen LogP contribution >= 0.6 is 11.3 Å². The van der Waals surface area contributed by atoms with E-state index in [-0.39, 0.29) is 5.92 Å². The molecule has 1 aromatic carbocycles. The van der Waals surface area contributed by atoms with E-state index < -0.39 is 0 Å². The molecule has 5 rings (SSSR count). The molecule has 1 N–H and O–H groups in total. The normalized spacial score (nSPS) is 20.8. The monoisotopic (exact) mass is 339 g/mol. The first-order valence-electron chi connectivity index (χ1n) is 8.18. The van der Waals surface area contributed by atoms with Crippen molar-refractivity contribution in [3.05, 3.63) is 30.1 Å². The SMILES string of the molecule is C1=NNCC1c1nc(N2CCOCC2)c2sc3ccccc3c2n1. The lowest BCUT2D eigenvalue weighted by Gasteiger charge is -2.28. The second-order valence-electron chi connectivity index (χ2n) is 6.03. The number of hydrazone groups is 1. The number of fused-ring (bicyclic) bond motifs is 3. The Morgan fingerprint density at radius 1 is 1.17 bits per heavy atom. The van der Waals surface area contributed by atoms with Gasteiger partial charge in [0.25, 0.3) is 0 Å². The van der Waals surface area contributed by atoms with Crippen LogP contribution in [0, 0.1) is 0 Å². The van der Waals surface area contributed by atoms with Crippen molar-refractivity contribution in [1.82, 2.24) is 15.4 Å². The number of ether oxygens (including phenoxy) is 1. The van der Waals surface area contributed by atoms with Crippen LogP contribution in [0.3, 0.4) is 0 Å². The Bertz CT molecular complexity index is 931. The standard InChI is InChI=1S/C17H17N5OS/c1-2-4-13-12(3-1)14-15(24-13)17(22-5-7-23-8-6-22)21-16(20-14)11-9-18-19-10-11/h1-4,9,11,19H,5-8,10H2. The largest absolute Gasteiger partial charge is 0.378 e. The molecule has 0 aliphatic carbocycles. The summed E-state index contributed by atoms with van der Waals surface area (Å²) in [5, 5.41) is 5.33. The van der Waals surface area contributed by atoms with Crippen molar-refractivity contribution in [3.63, 3.8) is 0 Å². The number of thiophene rings is 1. The highest BCUT2D eigenvalue weighted by atomic mass is 32.1. The first-order valence-corrected chi connectivity index (χ1v) is 9.00. The minimum absolute atomic E-state index is 0.132. The van der Waals surface area contributed by atoms with Gasteiger partial charge in [-0.15, -0.1) is 11.3 Å². The molecular weight excluding hydrogens is 322 g/mol. The molecule has 4 heterocycles. The summed E-state index contributed by atoms with van der Waals surface area (Å²) in [6, 6.07) is 8.45.